The van der Waals surface area contributed by atoms with Gasteiger partial charge >= 0.3 is 5.97 Å². The molecule has 0 aromatic carbocycles. The first-order chi connectivity index (χ1) is 9.09. The van der Waals surface area contributed by atoms with Crippen LogP contribution in [0.25, 0.3) is 0 Å². The summed E-state index contributed by atoms with van der Waals surface area (Å²) in [6.45, 7) is 6.33. The smallest absolute Gasteiger partial charge is 0.307 e. The number of carboxylic acid groups (broad SMARTS) is 1. The Morgan fingerprint density at radius 3 is 2.55 bits per heavy atom. The number of hydrogen-bond acceptors (Lipinski definition) is 4. The molecule has 0 saturated carbocycles. The van der Waals surface area contributed by atoms with E-state index in [1.54, 1.807) is 0 Å². The fourth-order valence-corrected chi connectivity index (χ4v) is 3.62. The predicted octanol–water partition coefficient (Wildman–Crippen LogP) is 1.22. The van der Waals surface area contributed by atoms with Crippen molar-refractivity contribution in [3.05, 3.63) is 0 Å². The average molecular weight is 307 g/mol. The first-order valence-corrected chi connectivity index (χ1v) is 8.56. The van der Waals surface area contributed by atoms with E-state index in [0.717, 1.165) is 12.8 Å². The van der Waals surface area contributed by atoms with Crippen LogP contribution in [0, 0.1) is 11.3 Å². The highest BCUT2D eigenvalue weighted by molar-refractivity contribution is 7.89. The maximum atomic E-state index is 11.9. The van der Waals surface area contributed by atoms with Crippen molar-refractivity contribution in [1.29, 1.82) is 0 Å². The molecule has 1 rings (SSSR count). The summed E-state index contributed by atoms with van der Waals surface area (Å²) in [5.41, 5.74) is -0.164. The zero-order chi connectivity index (χ0) is 15.4. The molecular formula is C13H25NO5S. The topological polar surface area (TPSA) is 92.7 Å². The minimum atomic E-state index is -3.49. The first-order valence-electron chi connectivity index (χ1n) is 6.91. The second-order valence-electron chi connectivity index (χ2n) is 6.56. The van der Waals surface area contributed by atoms with Crippen LogP contribution in [0.15, 0.2) is 0 Å². The van der Waals surface area contributed by atoms with Crippen molar-refractivity contribution >= 4 is 16.0 Å². The lowest BCUT2D eigenvalue weighted by Crippen LogP contribution is -2.38. The molecule has 0 spiro atoms. The highest BCUT2D eigenvalue weighted by Crippen LogP contribution is 2.24. The van der Waals surface area contributed by atoms with Crippen LogP contribution in [0.1, 0.15) is 40.0 Å². The number of rotatable bonds is 7. The van der Waals surface area contributed by atoms with Crippen molar-refractivity contribution in [3.63, 3.8) is 0 Å². The fraction of sp³-hybridized carbons (Fsp3) is 0.923. The molecule has 1 aliphatic heterocycles. The van der Waals surface area contributed by atoms with Gasteiger partial charge in [-0.25, -0.2) is 13.1 Å². The zero-order valence-corrected chi connectivity index (χ0v) is 13.2. The Morgan fingerprint density at radius 1 is 1.45 bits per heavy atom. The summed E-state index contributed by atoms with van der Waals surface area (Å²) >= 11 is 0. The Bertz CT molecular complexity index is 421. The van der Waals surface area contributed by atoms with Crippen LogP contribution in [0.3, 0.4) is 0 Å². The molecule has 6 nitrogen and oxygen atoms in total. The molecule has 0 aliphatic carbocycles. The molecule has 2 unspecified atom stereocenters. The van der Waals surface area contributed by atoms with E-state index in [-0.39, 0.29) is 23.8 Å². The van der Waals surface area contributed by atoms with Gasteiger partial charge in [0.25, 0.3) is 0 Å². The third-order valence-corrected chi connectivity index (χ3v) is 4.60. The van der Waals surface area contributed by atoms with Gasteiger partial charge in [-0.2, -0.15) is 0 Å². The van der Waals surface area contributed by atoms with Crippen LogP contribution in [0.2, 0.25) is 0 Å². The number of ether oxygens (including phenoxy) is 1. The van der Waals surface area contributed by atoms with Crippen LogP contribution in [-0.4, -0.2) is 44.5 Å². The monoisotopic (exact) mass is 307 g/mol. The molecule has 118 valence electrons. The van der Waals surface area contributed by atoms with E-state index in [9.17, 15) is 13.2 Å². The predicted molar refractivity (Wildman–Crippen MR) is 76.0 cm³/mol. The number of aliphatic carboxylic acids is 1. The highest BCUT2D eigenvalue weighted by Gasteiger charge is 2.28. The number of hydrogen-bond donors (Lipinski definition) is 2. The quantitative estimate of drug-likeness (QED) is 0.738. The third-order valence-electron chi connectivity index (χ3n) is 3.19. The second-order valence-corrected chi connectivity index (χ2v) is 8.42. The lowest BCUT2D eigenvalue weighted by molar-refractivity contribution is -0.142. The maximum absolute atomic E-state index is 11.9. The van der Waals surface area contributed by atoms with Gasteiger partial charge in [-0.05, 0) is 24.7 Å². The average Bonchev–Trinajstić information content (AvgIpc) is 2.74. The molecule has 0 amide bonds. The molecule has 0 bridgehead atoms. The van der Waals surface area contributed by atoms with E-state index in [2.05, 4.69) is 4.72 Å². The molecule has 1 fully saturated rings. The molecular weight excluding hydrogens is 282 g/mol. The van der Waals surface area contributed by atoms with E-state index in [0.29, 0.717) is 13.0 Å². The van der Waals surface area contributed by atoms with Gasteiger partial charge in [0.1, 0.15) is 0 Å². The largest absolute Gasteiger partial charge is 0.481 e. The summed E-state index contributed by atoms with van der Waals surface area (Å²) in [4.78, 5) is 11.2. The minimum absolute atomic E-state index is 0.0678. The molecule has 2 N–H and O–H groups in total. The van der Waals surface area contributed by atoms with Crippen molar-refractivity contribution in [2.24, 2.45) is 11.3 Å². The van der Waals surface area contributed by atoms with Crippen LogP contribution >= 0.6 is 0 Å². The van der Waals surface area contributed by atoms with Crippen molar-refractivity contribution in [3.8, 4) is 0 Å². The summed E-state index contributed by atoms with van der Waals surface area (Å²) in [7, 11) is -3.49. The lowest BCUT2D eigenvalue weighted by Gasteiger charge is -2.23. The standard InChI is InChI=1S/C13H25NO5S/c1-13(2,3)7-10(12(15)16)8-14-20(17,18)9-11-5-4-6-19-11/h10-11,14H,4-9H2,1-3H3,(H,15,16). The van der Waals surface area contributed by atoms with E-state index in [1.807, 2.05) is 20.8 Å². The van der Waals surface area contributed by atoms with Gasteiger partial charge in [0, 0.05) is 13.2 Å². The molecule has 1 aliphatic rings. The lowest BCUT2D eigenvalue weighted by atomic mass is 9.85. The number of sulfonamides is 1. The molecule has 0 radical (unpaired) electrons. The first kappa shape index (κ1) is 17.4. The summed E-state index contributed by atoms with van der Waals surface area (Å²) < 4.78 is 31.5. The van der Waals surface area contributed by atoms with Gasteiger partial charge < -0.3 is 9.84 Å². The minimum Gasteiger partial charge on any atom is -0.481 e. The van der Waals surface area contributed by atoms with Crippen molar-refractivity contribution < 1.29 is 23.1 Å². The van der Waals surface area contributed by atoms with Crippen LogP contribution in [0.5, 0.6) is 0 Å². The van der Waals surface area contributed by atoms with E-state index in [4.69, 9.17) is 9.84 Å². The summed E-state index contributed by atoms with van der Waals surface area (Å²) in [5, 5.41) is 9.16. The molecule has 7 heteroatoms. The normalized spacial score (nSPS) is 21.9. The van der Waals surface area contributed by atoms with Gasteiger partial charge in [-0.15, -0.1) is 0 Å². The molecule has 0 aromatic rings. The Balaban J connectivity index is 2.50. The van der Waals surface area contributed by atoms with E-state index >= 15 is 0 Å². The Morgan fingerprint density at radius 2 is 2.10 bits per heavy atom. The Hall–Kier alpha value is -0.660. The number of carboxylic acids is 1. The van der Waals surface area contributed by atoms with E-state index < -0.39 is 21.9 Å². The second kappa shape index (κ2) is 6.87. The van der Waals surface area contributed by atoms with Gasteiger partial charge in [-0.1, -0.05) is 20.8 Å². The van der Waals surface area contributed by atoms with Crippen molar-refractivity contribution in [2.45, 2.75) is 46.1 Å². The van der Waals surface area contributed by atoms with Gasteiger partial charge in [-0.3, -0.25) is 4.79 Å². The maximum Gasteiger partial charge on any atom is 0.307 e. The number of nitrogens with one attached hydrogen (secondary N) is 1. The summed E-state index contributed by atoms with van der Waals surface area (Å²) in [6.07, 6.45) is 1.77. The Kier molecular flexibility index (Phi) is 5.97. The Labute approximate surface area is 120 Å². The van der Waals surface area contributed by atoms with Crippen molar-refractivity contribution in [1.82, 2.24) is 4.72 Å². The highest BCUT2D eigenvalue weighted by atomic mass is 32.2. The van der Waals surface area contributed by atoms with Crippen molar-refractivity contribution in [2.75, 3.05) is 18.9 Å². The fourth-order valence-electron chi connectivity index (χ4n) is 2.29. The molecule has 0 aromatic heterocycles. The van der Waals surface area contributed by atoms with Gasteiger partial charge in [0.2, 0.25) is 10.0 Å². The van der Waals surface area contributed by atoms with Crippen LogP contribution in [0.4, 0.5) is 0 Å². The summed E-state index contributed by atoms with van der Waals surface area (Å²) in [5.74, 6) is -1.77. The number of carbonyl (C=O) groups is 1. The van der Waals surface area contributed by atoms with Gasteiger partial charge in [0.05, 0.1) is 17.8 Å². The molecule has 1 heterocycles. The molecule has 1 saturated heterocycles. The third kappa shape index (κ3) is 6.67. The summed E-state index contributed by atoms with van der Waals surface area (Å²) in [6, 6.07) is 0. The van der Waals surface area contributed by atoms with E-state index in [1.165, 1.54) is 0 Å². The zero-order valence-electron chi connectivity index (χ0n) is 12.4. The molecule has 2 atom stereocenters. The van der Waals surface area contributed by atoms with Gasteiger partial charge in [0.15, 0.2) is 0 Å². The SMILES string of the molecule is CC(C)(C)CC(CNS(=O)(=O)CC1CCCO1)C(=O)O. The van der Waals surface area contributed by atoms with Crippen LogP contribution in [-0.2, 0) is 19.6 Å². The van der Waals surface area contributed by atoms with Crippen LogP contribution < -0.4 is 4.72 Å². The molecule has 20 heavy (non-hydrogen) atoms.